The number of anilines is 1. The molecule has 1 aromatic carbocycles. The third-order valence-electron chi connectivity index (χ3n) is 5.48. The van der Waals surface area contributed by atoms with Crippen molar-refractivity contribution < 1.29 is 9.53 Å². The van der Waals surface area contributed by atoms with Crippen molar-refractivity contribution in [2.75, 3.05) is 19.0 Å². The number of ether oxygens (including phenoxy) is 1. The van der Waals surface area contributed by atoms with Gasteiger partial charge >= 0.3 is 0 Å². The number of benzene rings is 1. The van der Waals surface area contributed by atoms with Gasteiger partial charge in [-0.2, -0.15) is 10.4 Å². The number of aromatic amines is 1. The van der Waals surface area contributed by atoms with Crippen LogP contribution >= 0.6 is 11.3 Å². The first-order valence-electron chi connectivity index (χ1n) is 10.3. The summed E-state index contributed by atoms with van der Waals surface area (Å²) in [6, 6.07) is 12.0. The summed E-state index contributed by atoms with van der Waals surface area (Å²) in [5.41, 5.74) is 4.21. The third kappa shape index (κ3) is 4.28. The molecule has 7 nitrogen and oxygen atoms in total. The molecule has 3 aromatic rings. The summed E-state index contributed by atoms with van der Waals surface area (Å²) in [5, 5.41) is 21.2. The fourth-order valence-electron chi connectivity index (χ4n) is 3.69. The van der Waals surface area contributed by atoms with Crippen molar-refractivity contribution in [3.63, 3.8) is 0 Å². The van der Waals surface area contributed by atoms with Gasteiger partial charge in [-0.05, 0) is 41.7 Å². The topological polar surface area (TPSA) is 94.0 Å². The smallest absolute Gasteiger partial charge is 0.274 e. The zero-order valence-electron chi connectivity index (χ0n) is 17.9. The number of hydrogen-bond acceptors (Lipinski definition) is 6. The van der Waals surface area contributed by atoms with Crippen molar-refractivity contribution in [3.8, 4) is 11.8 Å². The molecule has 2 aromatic heterocycles. The van der Waals surface area contributed by atoms with Crippen LogP contribution in [0.4, 0.5) is 5.00 Å². The van der Waals surface area contributed by atoms with Gasteiger partial charge in [0.25, 0.3) is 5.91 Å². The fraction of sp³-hybridized carbons (Fsp3) is 0.348. The summed E-state index contributed by atoms with van der Waals surface area (Å²) in [5.74, 6) is 1.01. The molecule has 2 N–H and O–H groups in total. The van der Waals surface area contributed by atoms with Gasteiger partial charge in [0.15, 0.2) is 0 Å². The molecule has 0 radical (unpaired) electrons. The molecule has 0 bridgehead atoms. The number of carbonyl (C=O) groups is 1. The Morgan fingerprint density at radius 1 is 1.42 bits per heavy atom. The van der Waals surface area contributed by atoms with Crippen LogP contribution in [0.15, 0.2) is 30.3 Å². The van der Waals surface area contributed by atoms with Crippen LogP contribution < -0.4 is 10.1 Å². The normalized spacial score (nSPS) is 13.1. The van der Waals surface area contributed by atoms with Crippen LogP contribution in [0.5, 0.6) is 5.75 Å². The first-order valence-corrected chi connectivity index (χ1v) is 11.1. The van der Waals surface area contributed by atoms with Crippen LogP contribution in [0, 0.1) is 11.3 Å². The molecule has 1 aliphatic rings. The summed E-state index contributed by atoms with van der Waals surface area (Å²) in [7, 11) is 1.65. The maximum absolute atomic E-state index is 12.9. The second-order valence-electron chi connectivity index (χ2n) is 7.86. The van der Waals surface area contributed by atoms with Crippen LogP contribution in [0.1, 0.15) is 57.5 Å². The van der Waals surface area contributed by atoms with E-state index in [2.05, 4.69) is 35.4 Å². The van der Waals surface area contributed by atoms with Crippen molar-refractivity contribution >= 4 is 22.2 Å². The van der Waals surface area contributed by atoms with Gasteiger partial charge in [-0.15, -0.1) is 11.3 Å². The SMILES string of the molecule is COc1cccc(CNc2sc3c(c2C#N)CCN(C(=O)c2cc(C(C)C)[nH]n2)C3)c1. The molecule has 0 fully saturated rings. The van der Waals surface area contributed by atoms with E-state index in [1.54, 1.807) is 18.4 Å². The highest BCUT2D eigenvalue weighted by Gasteiger charge is 2.28. The van der Waals surface area contributed by atoms with Gasteiger partial charge in [-0.25, -0.2) is 0 Å². The highest BCUT2D eigenvalue weighted by molar-refractivity contribution is 7.16. The Kier molecular flexibility index (Phi) is 5.96. The fourth-order valence-corrected chi connectivity index (χ4v) is 4.90. The van der Waals surface area contributed by atoms with Crippen molar-refractivity contribution in [3.05, 3.63) is 63.3 Å². The highest BCUT2D eigenvalue weighted by atomic mass is 32.1. The van der Waals surface area contributed by atoms with Gasteiger partial charge in [0.05, 0.1) is 19.2 Å². The monoisotopic (exact) mass is 435 g/mol. The largest absolute Gasteiger partial charge is 0.497 e. The zero-order valence-corrected chi connectivity index (χ0v) is 18.7. The van der Waals surface area contributed by atoms with Crippen LogP contribution in [-0.2, 0) is 19.5 Å². The van der Waals surface area contributed by atoms with E-state index in [1.165, 1.54) is 0 Å². The average molecular weight is 436 g/mol. The van der Waals surface area contributed by atoms with Crippen LogP contribution in [-0.4, -0.2) is 34.7 Å². The molecule has 0 unspecified atom stereocenters. The third-order valence-corrected chi connectivity index (χ3v) is 6.66. The lowest BCUT2D eigenvalue weighted by Crippen LogP contribution is -2.35. The molecule has 0 atom stereocenters. The summed E-state index contributed by atoms with van der Waals surface area (Å²) in [6.07, 6.45) is 0.669. The number of thiophene rings is 1. The quantitative estimate of drug-likeness (QED) is 0.603. The molecule has 0 saturated carbocycles. The lowest BCUT2D eigenvalue weighted by atomic mass is 10.0. The van der Waals surface area contributed by atoms with Crippen molar-refractivity contribution in [2.24, 2.45) is 0 Å². The predicted octanol–water partition coefficient (Wildman–Crippen LogP) is 4.29. The van der Waals surface area contributed by atoms with Crippen LogP contribution in [0.25, 0.3) is 0 Å². The Hall–Kier alpha value is -3.31. The van der Waals surface area contributed by atoms with Gasteiger partial charge in [-0.1, -0.05) is 26.0 Å². The highest BCUT2D eigenvalue weighted by Crippen LogP contribution is 2.37. The number of aromatic nitrogens is 2. The van der Waals surface area contributed by atoms with Crippen molar-refractivity contribution in [1.29, 1.82) is 5.26 Å². The molecular weight excluding hydrogens is 410 g/mol. The first-order chi connectivity index (χ1) is 15.0. The number of rotatable bonds is 6. The average Bonchev–Trinajstić information content (AvgIpc) is 3.41. The number of carbonyl (C=O) groups excluding carboxylic acids is 1. The summed E-state index contributed by atoms with van der Waals surface area (Å²) >= 11 is 1.56. The van der Waals surface area contributed by atoms with E-state index in [1.807, 2.05) is 35.2 Å². The molecular formula is C23H25N5O2S. The zero-order chi connectivity index (χ0) is 22.0. The molecule has 1 amide bonds. The number of nitrogens with one attached hydrogen (secondary N) is 2. The van der Waals surface area contributed by atoms with Crippen LogP contribution in [0.2, 0.25) is 0 Å². The Morgan fingerprint density at radius 3 is 2.97 bits per heavy atom. The Labute approximate surface area is 185 Å². The van der Waals surface area contributed by atoms with Gasteiger partial charge in [0, 0.05) is 23.7 Å². The summed E-state index contributed by atoms with van der Waals surface area (Å²) < 4.78 is 5.28. The van der Waals surface area contributed by atoms with Crippen molar-refractivity contribution in [1.82, 2.24) is 15.1 Å². The number of hydrogen-bond donors (Lipinski definition) is 2. The minimum atomic E-state index is -0.0772. The van der Waals surface area contributed by atoms with Crippen LogP contribution in [0.3, 0.4) is 0 Å². The lowest BCUT2D eigenvalue weighted by Gasteiger charge is -2.26. The van der Waals surface area contributed by atoms with E-state index < -0.39 is 0 Å². The van der Waals surface area contributed by atoms with E-state index in [9.17, 15) is 10.1 Å². The molecule has 3 heterocycles. The van der Waals surface area contributed by atoms with Crippen molar-refractivity contribution in [2.45, 2.75) is 39.3 Å². The first kappa shape index (κ1) is 20.9. The number of H-pyrrole nitrogens is 1. The molecule has 4 rings (SSSR count). The Morgan fingerprint density at radius 2 is 2.26 bits per heavy atom. The van der Waals surface area contributed by atoms with Gasteiger partial charge in [-0.3, -0.25) is 9.89 Å². The van der Waals surface area contributed by atoms with E-state index in [-0.39, 0.29) is 11.8 Å². The van der Waals surface area contributed by atoms with E-state index in [4.69, 9.17) is 4.74 Å². The number of amides is 1. The second kappa shape index (κ2) is 8.82. The van der Waals surface area contributed by atoms with Gasteiger partial charge in [0.1, 0.15) is 22.5 Å². The molecule has 160 valence electrons. The van der Waals surface area contributed by atoms with Gasteiger partial charge in [0.2, 0.25) is 0 Å². The minimum absolute atomic E-state index is 0.0772. The molecule has 0 saturated heterocycles. The standard InChI is InChI=1S/C23H25N5O2S/c1-14(2)19-10-20(27-26-19)23(29)28-8-7-17-18(11-24)22(31-21(17)13-28)25-12-15-5-4-6-16(9-15)30-3/h4-6,9-10,14,25H,7-8,12-13H2,1-3H3,(H,26,27). The number of fused-ring (bicyclic) bond motifs is 1. The molecule has 8 heteroatoms. The summed E-state index contributed by atoms with van der Waals surface area (Å²) in [6.45, 7) is 5.79. The Balaban J connectivity index is 1.50. The number of methoxy groups -OCH3 is 1. The maximum atomic E-state index is 12.9. The second-order valence-corrected chi connectivity index (χ2v) is 8.97. The van der Waals surface area contributed by atoms with Gasteiger partial charge < -0.3 is 15.0 Å². The van der Waals surface area contributed by atoms with E-state index >= 15 is 0 Å². The number of nitrogens with zero attached hydrogens (tertiary/aromatic N) is 3. The predicted molar refractivity (Wildman–Crippen MR) is 120 cm³/mol. The minimum Gasteiger partial charge on any atom is -0.497 e. The van der Waals surface area contributed by atoms with E-state index in [0.717, 1.165) is 32.4 Å². The lowest BCUT2D eigenvalue weighted by molar-refractivity contribution is 0.0731. The van der Waals surface area contributed by atoms with E-state index in [0.29, 0.717) is 37.3 Å². The molecule has 31 heavy (non-hydrogen) atoms. The summed E-state index contributed by atoms with van der Waals surface area (Å²) in [4.78, 5) is 15.8. The number of nitriles is 1. The maximum Gasteiger partial charge on any atom is 0.274 e. The molecule has 0 spiro atoms. The molecule has 1 aliphatic heterocycles. The Bertz CT molecular complexity index is 1140. The molecule has 0 aliphatic carbocycles.